The Kier molecular flexibility index (Phi) is 5.97. The van der Waals surface area contributed by atoms with Gasteiger partial charge in [-0.25, -0.2) is 4.98 Å². The van der Waals surface area contributed by atoms with E-state index < -0.39 is 0 Å². The Bertz CT molecular complexity index is 933. The number of likely N-dealkylation sites (tertiary alicyclic amines) is 1. The lowest BCUT2D eigenvalue weighted by atomic mass is 10.3. The van der Waals surface area contributed by atoms with Gasteiger partial charge in [-0.3, -0.25) is 14.5 Å². The lowest BCUT2D eigenvalue weighted by Gasteiger charge is -2.27. The van der Waals surface area contributed by atoms with Gasteiger partial charge in [0.25, 0.3) is 5.91 Å². The maximum atomic E-state index is 12.7. The number of benzene rings is 1. The number of rotatable bonds is 5. The molecule has 2 aliphatic rings. The third kappa shape index (κ3) is 4.52. The summed E-state index contributed by atoms with van der Waals surface area (Å²) in [6, 6.07) is 7.10. The molecule has 1 aromatic carbocycles. The van der Waals surface area contributed by atoms with E-state index >= 15 is 0 Å². The number of nitrogens with zero attached hydrogens (tertiary/aromatic N) is 4. The monoisotopic (exact) mass is 413 g/mol. The van der Waals surface area contributed by atoms with E-state index in [2.05, 4.69) is 15.2 Å². The zero-order valence-electron chi connectivity index (χ0n) is 16.2. The van der Waals surface area contributed by atoms with Gasteiger partial charge in [0.2, 0.25) is 5.91 Å². The summed E-state index contributed by atoms with van der Waals surface area (Å²) in [5.74, 6) is 0.435. The smallest absolute Gasteiger partial charge is 0.273 e. The van der Waals surface area contributed by atoms with E-state index in [1.807, 2.05) is 22.8 Å². The van der Waals surface area contributed by atoms with Crippen molar-refractivity contribution in [3.8, 4) is 0 Å². The van der Waals surface area contributed by atoms with Crippen LogP contribution in [0, 0.1) is 0 Å². The minimum atomic E-state index is -0.262. The molecule has 3 heterocycles. The van der Waals surface area contributed by atoms with Crippen LogP contribution in [0.15, 0.2) is 42.6 Å². The minimum Gasteiger partial charge on any atom is -0.330 e. The lowest BCUT2D eigenvalue weighted by Crippen LogP contribution is -2.38. The van der Waals surface area contributed by atoms with E-state index in [4.69, 9.17) is 11.6 Å². The number of halogens is 1. The number of imidazole rings is 1. The predicted molar refractivity (Wildman–Crippen MR) is 112 cm³/mol. The fraction of sp³-hybridized carbons (Fsp3) is 0.381. The van der Waals surface area contributed by atoms with Crippen LogP contribution in [0.4, 0.5) is 5.69 Å². The summed E-state index contributed by atoms with van der Waals surface area (Å²) >= 11 is 6.12. The fourth-order valence-electron chi connectivity index (χ4n) is 3.75. The molecule has 0 bridgehead atoms. The standard InChI is InChI=1S/C21H24ClN5O2/c22-16-6-1-2-7-17(16)24-21(29)18-14-23-19-15-26(12-13-27(18)19)20(28)8-5-11-25-9-3-4-10-25/h1-2,5-8,14H,3-4,9-13,15H2,(H,24,29)/b8-5+. The SMILES string of the molecule is O=C(Nc1ccccc1Cl)c1cnc2n1CCN(C(=O)/C=C/CN1CCCC1)C2. The van der Waals surface area contributed by atoms with Crippen LogP contribution in [0.25, 0.3) is 0 Å². The third-order valence-electron chi connectivity index (χ3n) is 5.35. The van der Waals surface area contributed by atoms with Crippen LogP contribution < -0.4 is 5.32 Å². The van der Waals surface area contributed by atoms with Gasteiger partial charge in [0, 0.05) is 25.7 Å². The molecule has 0 spiro atoms. The van der Waals surface area contributed by atoms with Crippen molar-refractivity contribution in [3.63, 3.8) is 0 Å². The van der Waals surface area contributed by atoms with E-state index in [9.17, 15) is 9.59 Å². The lowest BCUT2D eigenvalue weighted by molar-refractivity contribution is -0.127. The van der Waals surface area contributed by atoms with Crippen LogP contribution in [-0.2, 0) is 17.9 Å². The normalized spacial score (nSPS) is 16.9. The maximum absolute atomic E-state index is 12.7. The highest BCUT2D eigenvalue weighted by molar-refractivity contribution is 6.33. The second-order valence-electron chi connectivity index (χ2n) is 7.32. The van der Waals surface area contributed by atoms with Gasteiger partial charge in [0.15, 0.2) is 0 Å². The van der Waals surface area contributed by atoms with Crippen LogP contribution in [0.3, 0.4) is 0 Å². The van der Waals surface area contributed by atoms with Crippen molar-refractivity contribution in [2.75, 3.05) is 31.5 Å². The summed E-state index contributed by atoms with van der Waals surface area (Å²) < 4.78 is 1.86. The number of hydrogen-bond donors (Lipinski definition) is 1. The predicted octanol–water partition coefficient (Wildman–Crippen LogP) is 2.78. The van der Waals surface area contributed by atoms with E-state index in [-0.39, 0.29) is 11.8 Å². The highest BCUT2D eigenvalue weighted by Gasteiger charge is 2.25. The van der Waals surface area contributed by atoms with E-state index in [1.54, 1.807) is 29.3 Å². The van der Waals surface area contributed by atoms with Gasteiger partial charge in [-0.1, -0.05) is 29.8 Å². The molecule has 4 rings (SSSR count). The minimum absolute atomic E-state index is 0.0134. The molecule has 8 heteroatoms. The van der Waals surface area contributed by atoms with Crippen molar-refractivity contribution >= 4 is 29.1 Å². The second-order valence-corrected chi connectivity index (χ2v) is 7.72. The Morgan fingerprint density at radius 2 is 1.93 bits per heavy atom. The number of amides is 2. The Hall–Kier alpha value is -2.64. The molecule has 0 saturated carbocycles. The van der Waals surface area contributed by atoms with E-state index in [0.717, 1.165) is 19.6 Å². The summed E-state index contributed by atoms with van der Waals surface area (Å²) in [5.41, 5.74) is 1.03. The van der Waals surface area contributed by atoms with E-state index in [0.29, 0.717) is 41.9 Å². The average Bonchev–Trinajstić information content (AvgIpc) is 3.38. The van der Waals surface area contributed by atoms with Crippen LogP contribution in [0.2, 0.25) is 5.02 Å². The van der Waals surface area contributed by atoms with Crippen molar-refractivity contribution in [3.05, 3.63) is 59.2 Å². The first-order valence-electron chi connectivity index (χ1n) is 9.90. The molecule has 0 unspecified atom stereocenters. The number of nitrogens with one attached hydrogen (secondary N) is 1. The zero-order chi connectivity index (χ0) is 20.2. The summed E-state index contributed by atoms with van der Waals surface area (Å²) in [6.07, 6.45) is 7.63. The summed E-state index contributed by atoms with van der Waals surface area (Å²) in [5, 5.41) is 3.31. The molecule has 2 aliphatic heterocycles. The summed E-state index contributed by atoms with van der Waals surface area (Å²) in [7, 11) is 0. The molecule has 2 amide bonds. The molecule has 1 saturated heterocycles. The number of aromatic nitrogens is 2. The first-order chi connectivity index (χ1) is 14.1. The van der Waals surface area contributed by atoms with Crippen LogP contribution in [0.1, 0.15) is 29.2 Å². The van der Waals surface area contributed by atoms with Crippen molar-refractivity contribution in [1.82, 2.24) is 19.4 Å². The summed E-state index contributed by atoms with van der Waals surface area (Å²) in [4.78, 5) is 33.6. The highest BCUT2D eigenvalue weighted by Crippen LogP contribution is 2.22. The van der Waals surface area contributed by atoms with Crippen LogP contribution >= 0.6 is 11.6 Å². The first-order valence-corrected chi connectivity index (χ1v) is 10.3. The molecule has 7 nitrogen and oxygen atoms in total. The molecular weight excluding hydrogens is 390 g/mol. The van der Waals surface area contributed by atoms with Gasteiger partial charge >= 0.3 is 0 Å². The largest absolute Gasteiger partial charge is 0.330 e. The Labute approximate surface area is 175 Å². The molecule has 29 heavy (non-hydrogen) atoms. The van der Waals surface area contributed by atoms with Gasteiger partial charge in [-0.2, -0.15) is 0 Å². The Morgan fingerprint density at radius 3 is 2.72 bits per heavy atom. The second kappa shape index (κ2) is 8.80. The van der Waals surface area contributed by atoms with Crippen molar-refractivity contribution in [2.24, 2.45) is 0 Å². The number of para-hydroxylation sites is 1. The molecule has 0 atom stereocenters. The van der Waals surface area contributed by atoms with Crippen LogP contribution in [-0.4, -0.2) is 57.3 Å². The van der Waals surface area contributed by atoms with E-state index in [1.165, 1.54) is 12.8 Å². The quantitative estimate of drug-likeness (QED) is 0.765. The number of fused-ring (bicyclic) bond motifs is 1. The van der Waals surface area contributed by atoms with Crippen LogP contribution in [0.5, 0.6) is 0 Å². The molecule has 152 valence electrons. The summed E-state index contributed by atoms with van der Waals surface area (Å²) in [6.45, 7) is 4.51. The number of carbonyl (C=O) groups excluding carboxylic acids is 2. The van der Waals surface area contributed by atoms with Gasteiger partial charge in [0.05, 0.1) is 23.5 Å². The van der Waals surface area contributed by atoms with Gasteiger partial charge in [-0.05, 0) is 38.1 Å². The number of hydrogen-bond acceptors (Lipinski definition) is 4. The highest BCUT2D eigenvalue weighted by atomic mass is 35.5. The first kappa shape index (κ1) is 19.7. The molecular formula is C21H24ClN5O2. The molecule has 1 N–H and O–H groups in total. The molecule has 1 fully saturated rings. The Balaban J connectivity index is 1.37. The van der Waals surface area contributed by atoms with Gasteiger partial charge in [-0.15, -0.1) is 0 Å². The van der Waals surface area contributed by atoms with Crippen molar-refractivity contribution < 1.29 is 9.59 Å². The fourth-order valence-corrected chi connectivity index (χ4v) is 3.93. The molecule has 0 radical (unpaired) electrons. The van der Waals surface area contributed by atoms with Crippen molar-refractivity contribution in [1.29, 1.82) is 0 Å². The maximum Gasteiger partial charge on any atom is 0.273 e. The van der Waals surface area contributed by atoms with Gasteiger partial charge < -0.3 is 14.8 Å². The van der Waals surface area contributed by atoms with Gasteiger partial charge in [0.1, 0.15) is 11.5 Å². The van der Waals surface area contributed by atoms with Crippen molar-refractivity contribution in [2.45, 2.75) is 25.9 Å². The zero-order valence-corrected chi connectivity index (χ0v) is 16.9. The third-order valence-corrected chi connectivity index (χ3v) is 5.68. The number of carbonyl (C=O) groups is 2. The Morgan fingerprint density at radius 1 is 1.14 bits per heavy atom. The number of anilines is 1. The average molecular weight is 414 g/mol. The molecule has 0 aliphatic carbocycles. The molecule has 2 aromatic rings. The molecule has 1 aromatic heterocycles. The topological polar surface area (TPSA) is 70.5 Å².